The van der Waals surface area contributed by atoms with Crippen molar-refractivity contribution in [2.75, 3.05) is 11.9 Å². The van der Waals surface area contributed by atoms with Crippen molar-refractivity contribution in [2.45, 2.75) is 25.6 Å². The number of rotatable bonds is 5. The van der Waals surface area contributed by atoms with Gasteiger partial charge in [-0.25, -0.2) is 9.78 Å². The molecule has 36 heavy (non-hydrogen) atoms. The topological polar surface area (TPSA) is 108 Å². The molecule has 3 aromatic carbocycles. The summed E-state index contributed by atoms with van der Waals surface area (Å²) in [5.41, 5.74) is 1.77. The molecule has 180 valence electrons. The summed E-state index contributed by atoms with van der Waals surface area (Å²) in [6.07, 6.45) is -0.686. The molecule has 0 saturated heterocycles. The zero-order chi connectivity index (χ0) is 25.3. The molecule has 2 heterocycles. The van der Waals surface area contributed by atoms with E-state index in [1.807, 2.05) is 37.3 Å². The summed E-state index contributed by atoms with van der Waals surface area (Å²) in [6.45, 7) is 3.53. The highest BCUT2D eigenvalue weighted by Crippen LogP contribution is 2.47. The van der Waals surface area contributed by atoms with Crippen molar-refractivity contribution in [3.8, 4) is 11.8 Å². The third-order valence-corrected chi connectivity index (χ3v) is 6.33. The zero-order valence-corrected chi connectivity index (χ0v) is 19.8. The second kappa shape index (κ2) is 9.21. The van der Waals surface area contributed by atoms with Crippen LogP contribution in [0.25, 0.3) is 11.0 Å². The van der Waals surface area contributed by atoms with Gasteiger partial charge in [-0.05, 0) is 37.6 Å². The van der Waals surface area contributed by atoms with Crippen LogP contribution in [0, 0.1) is 11.8 Å². The number of nitrogens with zero attached hydrogens (tertiary/aromatic N) is 2. The molecule has 1 aromatic heterocycles. The van der Waals surface area contributed by atoms with Gasteiger partial charge in [-0.2, -0.15) is 0 Å². The van der Waals surface area contributed by atoms with E-state index in [4.69, 9.17) is 4.74 Å². The van der Waals surface area contributed by atoms with Gasteiger partial charge in [0.05, 0.1) is 17.1 Å². The molecule has 8 heteroatoms. The summed E-state index contributed by atoms with van der Waals surface area (Å²) in [7, 11) is 0. The van der Waals surface area contributed by atoms with Crippen LogP contribution in [0.3, 0.4) is 0 Å². The smallest absolute Gasteiger partial charge is 0.414 e. The zero-order valence-electron chi connectivity index (χ0n) is 19.8. The van der Waals surface area contributed by atoms with Gasteiger partial charge in [0.2, 0.25) is 5.95 Å². The van der Waals surface area contributed by atoms with Crippen molar-refractivity contribution in [3.63, 3.8) is 0 Å². The average molecular weight is 481 g/mol. The first-order valence-electron chi connectivity index (χ1n) is 11.5. The van der Waals surface area contributed by atoms with E-state index in [-0.39, 0.29) is 18.5 Å². The van der Waals surface area contributed by atoms with Gasteiger partial charge in [0.15, 0.2) is 12.3 Å². The van der Waals surface area contributed by atoms with E-state index >= 15 is 0 Å². The van der Waals surface area contributed by atoms with Crippen LogP contribution in [0.15, 0.2) is 72.8 Å². The van der Waals surface area contributed by atoms with Crippen LogP contribution in [0.2, 0.25) is 0 Å². The lowest BCUT2D eigenvalue weighted by Gasteiger charge is -2.39. The van der Waals surface area contributed by atoms with E-state index < -0.39 is 17.9 Å². The minimum absolute atomic E-state index is 0.0252. The number of nitrogens with one attached hydrogen (secondary N) is 2. The number of imidazole rings is 1. The minimum Gasteiger partial charge on any atom is -0.436 e. The van der Waals surface area contributed by atoms with Crippen molar-refractivity contribution in [3.05, 3.63) is 95.1 Å². The molecule has 0 spiro atoms. The lowest BCUT2D eigenvalue weighted by Crippen LogP contribution is -2.46. The molecule has 4 aromatic rings. The standard InChI is InChI=1S/C28H24N4O4/c1-3-4-16-36-27(34)31-26-29-23-15-14-20(17-24(23)30-26)28(35)22-13-9-8-12-21(22)25(33)32(28)18(2)19-10-6-5-7-11-19/h5-15,17-18,35H,16H2,1-2H3,(H2,29,30,31,34)/t18-,28?/m1/s1. The van der Waals surface area contributed by atoms with Gasteiger partial charge in [-0.3, -0.25) is 15.0 Å². The maximum atomic E-state index is 13.6. The molecule has 1 aliphatic heterocycles. The number of anilines is 1. The first kappa shape index (κ1) is 23.1. The van der Waals surface area contributed by atoms with Crippen molar-refractivity contribution >= 4 is 29.0 Å². The molecule has 0 saturated carbocycles. The van der Waals surface area contributed by atoms with Crippen LogP contribution >= 0.6 is 0 Å². The molecule has 0 radical (unpaired) electrons. The Labute approximate surface area is 207 Å². The van der Waals surface area contributed by atoms with E-state index in [1.54, 1.807) is 49.4 Å². The summed E-state index contributed by atoms with van der Waals surface area (Å²) >= 11 is 0. The van der Waals surface area contributed by atoms with E-state index in [0.29, 0.717) is 27.7 Å². The molecule has 0 aliphatic carbocycles. The summed E-state index contributed by atoms with van der Waals surface area (Å²) in [4.78, 5) is 34.5. The molecule has 0 bridgehead atoms. The van der Waals surface area contributed by atoms with E-state index in [1.165, 1.54) is 4.90 Å². The Balaban J connectivity index is 1.55. The number of aromatic nitrogens is 2. The van der Waals surface area contributed by atoms with Crippen molar-refractivity contribution in [1.82, 2.24) is 14.9 Å². The molecule has 3 N–H and O–H groups in total. The Kier molecular flexibility index (Phi) is 5.92. The highest BCUT2D eigenvalue weighted by atomic mass is 16.5. The van der Waals surface area contributed by atoms with E-state index in [2.05, 4.69) is 27.1 Å². The first-order valence-corrected chi connectivity index (χ1v) is 11.5. The lowest BCUT2D eigenvalue weighted by molar-refractivity contribution is -0.0676. The van der Waals surface area contributed by atoms with Gasteiger partial charge in [0.1, 0.15) is 0 Å². The molecule has 2 atom stereocenters. The van der Waals surface area contributed by atoms with E-state index in [9.17, 15) is 14.7 Å². The van der Waals surface area contributed by atoms with Gasteiger partial charge in [0.25, 0.3) is 5.91 Å². The number of benzene rings is 3. The van der Waals surface area contributed by atoms with Crippen LogP contribution in [-0.4, -0.2) is 38.6 Å². The van der Waals surface area contributed by atoms with Crippen LogP contribution < -0.4 is 5.32 Å². The average Bonchev–Trinajstić information content (AvgIpc) is 3.40. The monoisotopic (exact) mass is 480 g/mol. The quantitative estimate of drug-likeness (QED) is 0.364. The Hall–Kier alpha value is -4.61. The number of carbonyl (C=O) groups is 2. The van der Waals surface area contributed by atoms with E-state index in [0.717, 1.165) is 5.56 Å². The molecule has 0 fully saturated rings. The largest absolute Gasteiger partial charge is 0.436 e. The number of fused-ring (bicyclic) bond motifs is 2. The van der Waals surface area contributed by atoms with Gasteiger partial charge in [0, 0.05) is 16.7 Å². The molecule has 5 rings (SSSR count). The fourth-order valence-electron chi connectivity index (χ4n) is 4.60. The third kappa shape index (κ3) is 3.85. The van der Waals surface area contributed by atoms with Gasteiger partial charge in [-0.15, -0.1) is 5.92 Å². The lowest BCUT2D eigenvalue weighted by atomic mass is 9.92. The molecule has 1 unspecified atom stereocenters. The number of aromatic amines is 1. The SMILES string of the molecule is CC#CCOC(=O)Nc1nc2cc(C3(O)c4ccccc4C(=O)N3[C@H](C)c3ccccc3)ccc2[nH]1. The van der Waals surface area contributed by atoms with Gasteiger partial charge in [-0.1, -0.05) is 60.5 Å². The Morgan fingerprint density at radius 3 is 2.69 bits per heavy atom. The molecule has 2 amide bonds. The third-order valence-electron chi connectivity index (χ3n) is 6.33. The number of aliphatic hydroxyl groups is 1. The number of hydrogen-bond donors (Lipinski definition) is 3. The normalized spacial score (nSPS) is 17.3. The predicted molar refractivity (Wildman–Crippen MR) is 135 cm³/mol. The highest BCUT2D eigenvalue weighted by Gasteiger charge is 2.52. The van der Waals surface area contributed by atoms with Gasteiger partial charge < -0.3 is 14.8 Å². The number of H-pyrrole nitrogens is 1. The predicted octanol–water partition coefficient (Wildman–Crippen LogP) is 4.55. The highest BCUT2D eigenvalue weighted by molar-refractivity contribution is 6.01. The molecule has 1 aliphatic rings. The van der Waals surface area contributed by atoms with Gasteiger partial charge >= 0.3 is 6.09 Å². The van der Waals surface area contributed by atoms with Crippen molar-refractivity contribution in [1.29, 1.82) is 0 Å². The first-order chi connectivity index (χ1) is 17.4. The number of carbonyl (C=O) groups excluding carboxylic acids is 2. The number of amides is 2. The van der Waals surface area contributed by atoms with Crippen LogP contribution in [-0.2, 0) is 10.5 Å². The summed E-state index contributed by atoms with van der Waals surface area (Å²) < 4.78 is 4.97. The summed E-state index contributed by atoms with van der Waals surface area (Å²) in [5, 5.41) is 14.8. The Morgan fingerprint density at radius 1 is 1.17 bits per heavy atom. The van der Waals surface area contributed by atoms with Crippen LogP contribution in [0.5, 0.6) is 0 Å². The van der Waals surface area contributed by atoms with Crippen LogP contribution in [0.1, 0.15) is 46.9 Å². The fraction of sp³-hybridized carbons (Fsp3) is 0.179. The van der Waals surface area contributed by atoms with Crippen molar-refractivity contribution in [2.24, 2.45) is 0 Å². The molecular formula is C28H24N4O4. The molecular weight excluding hydrogens is 456 g/mol. The van der Waals surface area contributed by atoms with Crippen LogP contribution in [0.4, 0.5) is 10.7 Å². The number of hydrogen-bond acceptors (Lipinski definition) is 5. The fourth-order valence-corrected chi connectivity index (χ4v) is 4.60. The molecule has 8 nitrogen and oxygen atoms in total. The second-order valence-corrected chi connectivity index (χ2v) is 8.42. The number of ether oxygens (including phenoxy) is 1. The summed E-state index contributed by atoms with van der Waals surface area (Å²) in [6, 6.07) is 21.5. The minimum atomic E-state index is -1.72. The summed E-state index contributed by atoms with van der Waals surface area (Å²) in [5.74, 6) is 5.23. The maximum Gasteiger partial charge on any atom is 0.414 e. The van der Waals surface area contributed by atoms with Crippen molar-refractivity contribution < 1.29 is 19.4 Å². The Morgan fingerprint density at radius 2 is 1.92 bits per heavy atom. The second-order valence-electron chi connectivity index (χ2n) is 8.42. The maximum absolute atomic E-state index is 13.6. The Bertz CT molecular complexity index is 1520.